The lowest BCUT2D eigenvalue weighted by atomic mass is 9.93. The van der Waals surface area contributed by atoms with E-state index in [1.165, 1.54) is 13.3 Å². The maximum absolute atomic E-state index is 12.9. The Hall–Kier alpha value is -3.24. The van der Waals surface area contributed by atoms with E-state index in [2.05, 4.69) is 4.98 Å². The Labute approximate surface area is 270 Å². The summed E-state index contributed by atoms with van der Waals surface area (Å²) in [7, 11) is 1.32. The van der Waals surface area contributed by atoms with Crippen LogP contribution in [0.5, 0.6) is 5.75 Å². The fourth-order valence-electron chi connectivity index (χ4n) is 6.02. The van der Waals surface area contributed by atoms with Gasteiger partial charge in [-0.15, -0.1) is 0 Å². The van der Waals surface area contributed by atoms with Crippen LogP contribution in [0.2, 0.25) is 15.1 Å². The average molecular weight is 661 g/mol. The van der Waals surface area contributed by atoms with Crippen LogP contribution in [0.15, 0.2) is 54.7 Å². The summed E-state index contributed by atoms with van der Waals surface area (Å²) < 4.78 is 16.7. The van der Waals surface area contributed by atoms with Crippen LogP contribution in [-0.2, 0) is 21.5 Å². The zero-order valence-electron chi connectivity index (χ0n) is 24.0. The van der Waals surface area contributed by atoms with Crippen LogP contribution in [0.25, 0.3) is 0 Å². The zero-order chi connectivity index (χ0) is 31.0. The van der Waals surface area contributed by atoms with Gasteiger partial charge in [-0.1, -0.05) is 46.9 Å². The van der Waals surface area contributed by atoms with E-state index >= 15 is 0 Å². The highest BCUT2D eigenvalue weighted by Crippen LogP contribution is 2.42. The fourth-order valence-corrected chi connectivity index (χ4v) is 6.95. The van der Waals surface area contributed by atoms with Crippen LogP contribution in [0.4, 0.5) is 10.6 Å². The number of nitrogens with zero attached hydrogens (tertiary/aromatic N) is 3. The molecule has 9 nitrogen and oxygen atoms in total. The molecule has 232 valence electrons. The van der Waals surface area contributed by atoms with Crippen LogP contribution in [0, 0.1) is 5.92 Å². The predicted octanol–water partition coefficient (Wildman–Crippen LogP) is 6.15. The number of pyridine rings is 1. The van der Waals surface area contributed by atoms with Gasteiger partial charge in [0, 0.05) is 34.9 Å². The molecule has 3 aliphatic rings. The number of aliphatic hydroxyl groups is 1. The molecule has 0 bridgehead atoms. The number of aromatic nitrogens is 1. The molecule has 2 aliphatic heterocycles. The van der Waals surface area contributed by atoms with E-state index in [1.807, 2.05) is 4.90 Å². The number of hydrogen-bond acceptors (Lipinski definition) is 8. The summed E-state index contributed by atoms with van der Waals surface area (Å²) in [6.07, 6.45) is 3.81. The molecule has 12 heteroatoms. The minimum absolute atomic E-state index is 0.226. The van der Waals surface area contributed by atoms with Gasteiger partial charge in [-0.25, -0.2) is 14.6 Å². The number of halogens is 3. The number of anilines is 1. The number of ether oxygens (including phenoxy) is 3. The second kappa shape index (κ2) is 12.6. The van der Waals surface area contributed by atoms with Crippen molar-refractivity contribution >= 4 is 52.7 Å². The molecule has 1 N–H and O–H groups in total. The van der Waals surface area contributed by atoms with E-state index in [0.29, 0.717) is 69.6 Å². The van der Waals surface area contributed by atoms with Gasteiger partial charge in [0.2, 0.25) is 0 Å². The normalized spacial score (nSPS) is 23.2. The molecule has 1 amide bonds. The van der Waals surface area contributed by atoms with E-state index in [9.17, 15) is 14.7 Å². The van der Waals surface area contributed by atoms with E-state index in [0.717, 1.165) is 18.4 Å². The highest BCUT2D eigenvalue weighted by molar-refractivity contribution is 6.36. The van der Waals surface area contributed by atoms with Crippen molar-refractivity contribution in [3.05, 3.63) is 86.5 Å². The zero-order valence-corrected chi connectivity index (χ0v) is 26.3. The number of methoxy groups -OCH3 is 1. The number of β-amino-alcohol motifs (C(OH)–C–C–N with tert-alkyl or cyclic N) is 1. The van der Waals surface area contributed by atoms with Gasteiger partial charge >= 0.3 is 12.1 Å². The molecule has 2 saturated heterocycles. The molecule has 2 aromatic carbocycles. The number of carbonyl (C=O) groups is 2. The average Bonchev–Trinajstić information content (AvgIpc) is 3.71. The Balaban J connectivity index is 1.12. The number of carbonyl (C=O) groups excluding carboxylic acids is 2. The van der Waals surface area contributed by atoms with E-state index in [1.54, 1.807) is 53.4 Å². The van der Waals surface area contributed by atoms with Crippen LogP contribution < -0.4 is 9.64 Å². The Morgan fingerprint density at radius 1 is 1.11 bits per heavy atom. The number of amides is 1. The van der Waals surface area contributed by atoms with E-state index < -0.39 is 11.6 Å². The number of hydrogen-bond donors (Lipinski definition) is 1. The van der Waals surface area contributed by atoms with Gasteiger partial charge in [0.1, 0.15) is 35.9 Å². The molecule has 0 spiro atoms. The maximum atomic E-state index is 12.9. The Morgan fingerprint density at radius 2 is 1.89 bits per heavy atom. The predicted molar refractivity (Wildman–Crippen MR) is 167 cm³/mol. The van der Waals surface area contributed by atoms with Gasteiger partial charge in [-0.05, 0) is 73.6 Å². The molecular weight excluding hydrogens is 629 g/mol. The summed E-state index contributed by atoms with van der Waals surface area (Å²) in [5.41, 5.74) is 0.541. The van der Waals surface area contributed by atoms with Crippen molar-refractivity contribution in [1.29, 1.82) is 0 Å². The number of esters is 1. The third kappa shape index (κ3) is 6.29. The lowest BCUT2D eigenvalue weighted by Crippen LogP contribution is -2.43. The molecule has 6 rings (SSSR count). The summed E-state index contributed by atoms with van der Waals surface area (Å²) in [5, 5.41) is 13.1. The summed E-state index contributed by atoms with van der Waals surface area (Å²) in [5.74, 6) is 1.03. The Bertz CT molecular complexity index is 1530. The fraction of sp³-hybridized carbons (Fsp3) is 0.406. The minimum Gasteiger partial charge on any atom is -0.491 e. The van der Waals surface area contributed by atoms with Crippen LogP contribution >= 0.6 is 34.8 Å². The maximum Gasteiger partial charge on any atom is 0.410 e. The summed E-state index contributed by atoms with van der Waals surface area (Å²) in [6, 6.07) is 13.7. The number of rotatable bonds is 10. The van der Waals surface area contributed by atoms with Crippen molar-refractivity contribution in [2.24, 2.45) is 5.92 Å². The Kier molecular flexibility index (Phi) is 8.84. The molecule has 1 aliphatic carbocycles. The molecular formula is C32H32Cl3N3O6. The van der Waals surface area contributed by atoms with Gasteiger partial charge in [0.15, 0.2) is 0 Å². The smallest absolute Gasteiger partial charge is 0.410 e. The monoisotopic (exact) mass is 659 g/mol. The van der Waals surface area contributed by atoms with E-state index in [-0.39, 0.29) is 31.4 Å². The first-order chi connectivity index (χ1) is 21.2. The molecule has 3 unspecified atom stereocenters. The largest absolute Gasteiger partial charge is 0.491 e. The van der Waals surface area contributed by atoms with Crippen molar-refractivity contribution in [2.45, 2.75) is 43.4 Å². The van der Waals surface area contributed by atoms with Gasteiger partial charge < -0.3 is 24.2 Å². The minimum atomic E-state index is -1.20. The summed E-state index contributed by atoms with van der Waals surface area (Å²) in [6.45, 7) is 1.46. The molecule has 44 heavy (non-hydrogen) atoms. The lowest BCUT2D eigenvalue weighted by molar-refractivity contribution is 0.0595. The summed E-state index contributed by atoms with van der Waals surface area (Å²) in [4.78, 5) is 32.7. The number of cyclic esters (lactones) is 1. The first-order valence-electron chi connectivity index (χ1n) is 14.5. The molecule has 3 heterocycles. The first kappa shape index (κ1) is 30.8. The van der Waals surface area contributed by atoms with Crippen molar-refractivity contribution < 1.29 is 28.9 Å². The lowest BCUT2D eigenvalue weighted by Gasteiger charge is -2.27. The molecule has 1 aromatic heterocycles. The third-order valence-electron chi connectivity index (χ3n) is 8.61. The molecule has 1 saturated carbocycles. The molecule has 3 fully saturated rings. The van der Waals surface area contributed by atoms with Gasteiger partial charge in [-0.3, -0.25) is 4.90 Å². The molecule has 3 aromatic rings. The molecule has 3 atom stereocenters. The van der Waals surface area contributed by atoms with Gasteiger partial charge in [0.25, 0.3) is 0 Å². The third-order valence-corrected chi connectivity index (χ3v) is 9.63. The highest BCUT2D eigenvalue weighted by atomic mass is 35.5. The molecule has 0 radical (unpaired) electrons. The second-order valence-electron chi connectivity index (χ2n) is 11.4. The highest BCUT2D eigenvalue weighted by Gasteiger charge is 2.49. The topological polar surface area (TPSA) is 101 Å². The van der Waals surface area contributed by atoms with Crippen molar-refractivity contribution in [2.75, 3.05) is 38.3 Å². The van der Waals surface area contributed by atoms with Crippen LogP contribution in [-0.4, -0.2) is 72.5 Å². The first-order valence-corrected chi connectivity index (χ1v) is 15.6. The van der Waals surface area contributed by atoms with Crippen LogP contribution in [0.1, 0.15) is 40.7 Å². The van der Waals surface area contributed by atoms with Gasteiger partial charge in [-0.2, -0.15) is 0 Å². The number of benzene rings is 2. The summed E-state index contributed by atoms with van der Waals surface area (Å²) >= 11 is 19.4. The van der Waals surface area contributed by atoms with Crippen molar-refractivity contribution in [3.63, 3.8) is 0 Å². The van der Waals surface area contributed by atoms with E-state index in [4.69, 9.17) is 49.0 Å². The SMILES string of the molecule is COC(=O)c1ccc(N2CCC(O)(c3ccc(OCC4C(C5CC5)OC(=O)N4CCc4c(Cl)cccc4Cl)cc3Cl)C2)nc1. The van der Waals surface area contributed by atoms with Crippen molar-refractivity contribution in [3.8, 4) is 5.75 Å². The second-order valence-corrected chi connectivity index (χ2v) is 12.7. The Morgan fingerprint density at radius 3 is 2.55 bits per heavy atom. The van der Waals surface area contributed by atoms with Crippen molar-refractivity contribution in [1.82, 2.24) is 9.88 Å². The van der Waals surface area contributed by atoms with Gasteiger partial charge in [0.05, 0.1) is 24.2 Å². The standard InChI is InChI=1S/C32H32Cl3N3O6/c1-42-30(39)20-7-10-28(36-16-20)37-14-12-32(41,18-37)23-9-8-21(15-26(23)35)43-17-27-29(19-5-6-19)44-31(40)38(27)13-11-22-24(33)3-2-4-25(22)34/h2-4,7-10,15-16,19,27,29,41H,5-6,11-14,17-18H2,1H3. The quantitative estimate of drug-likeness (QED) is 0.259. The van der Waals surface area contributed by atoms with Crippen LogP contribution in [0.3, 0.4) is 0 Å².